The summed E-state index contributed by atoms with van der Waals surface area (Å²) >= 11 is 0. The van der Waals surface area contributed by atoms with E-state index in [-0.39, 0.29) is 17.0 Å². The van der Waals surface area contributed by atoms with E-state index in [9.17, 15) is 13.9 Å². The molecule has 3 aromatic rings. The van der Waals surface area contributed by atoms with Gasteiger partial charge in [0.1, 0.15) is 17.3 Å². The number of hydrogen-bond donors (Lipinski definition) is 2. The number of piperidine rings is 1. The van der Waals surface area contributed by atoms with Crippen LogP contribution in [0.15, 0.2) is 53.3 Å². The van der Waals surface area contributed by atoms with Gasteiger partial charge in [-0.1, -0.05) is 5.16 Å². The third-order valence-corrected chi connectivity index (χ3v) is 5.47. The molecule has 2 N–H and O–H groups in total. The van der Waals surface area contributed by atoms with Gasteiger partial charge in [0.25, 0.3) is 0 Å². The highest BCUT2D eigenvalue weighted by Crippen LogP contribution is 2.26. The van der Waals surface area contributed by atoms with E-state index < -0.39 is 17.9 Å². The van der Waals surface area contributed by atoms with Gasteiger partial charge in [-0.2, -0.15) is 0 Å². The van der Waals surface area contributed by atoms with Crippen LogP contribution >= 0.6 is 0 Å². The number of hydrogen-bond acceptors (Lipinski definition) is 6. The van der Waals surface area contributed by atoms with Crippen LogP contribution in [0.25, 0.3) is 11.3 Å². The second kappa shape index (κ2) is 9.42. The van der Waals surface area contributed by atoms with Gasteiger partial charge >= 0.3 is 0 Å². The first-order chi connectivity index (χ1) is 14.6. The predicted molar refractivity (Wildman–Crippen MR) is 107 cm³/mol. The number of aliphatic hydroxyl groups is 1. The summed E-state index contributed by atoms with van der Waals surface area (Å²) in [5, 5.41) is 17.3. The zero-order chi connectivity index (χ0) is 20.9. The number of nitrogens with zero attached hydrogens (tertiary/aromatic N) is 3. The largest absolute Gasteiger partial charge is 0.373 e. The lowest BCUT2D eigenvalue weighted by Crippen LogP contribution is -2.37. The molecule has 1 saturated heterocycles. The van der Waals surface area contributed by atoms with E-state index in [0.717, 1.165) is 44.6 Å². The molecule has 0 bridgehead atoms. The van der Waals surface area contributed by atoms with Crippen molar-refractivity contribution in [1.29, 1.82) is 0 Å². The number of halogens is 2. The van der Waals surface area contributed by atoms with Crippen molar-refractivity contribution < 1.29 is 18.4 Å². The summed E-state index contributed by atoms with van der Waals surface area (Å²) in [5.41, 5.74) is 1.63. The smallest absolute Gasteiger partial charge is 0.170 e. The third kappa shape index (κ3) is 5.08. The Hall–Kier alpha value is -2.68. The van der Waals surface area contributed by atoms with Crippen LogP contribution in [0.4, 0.5) is 8.78 Å². The first-order valence-corrected chi connectivity index (χ1v) is 10.0. The number of aliphatic hydroxyl groups excluding tert-OH is 1. The molecule has 1 atom stereocenters. The molecule has 0 radical (unpaired) electrons. The summed E-state index contributed by atoms with van der Waals surface area (Å²) in [5.74, 6) is -0.801. The molecule has 1 fully saturated rings. The lowest BCUT2D eigenvalue weighted by Gasteiger charge is -2.32. The predicted octanol–water partition coefficient (Wildman–Crippen LogP) is 3.51. The van der Waals surface area contributed by atoms with Crippen molar-refractivity contribution in [2.75, 3.05) is 19.6 Å². The Bertz CT molecular complexity index is 959. The Morgan fingerprint density at radius 3 is 2.63 bits per heavy atom. The van der Waals surface area contributed by atoms with Crippen molar-refractivity contribution >= 4 is 0 Å². The topological polar surface area (TPSA) is 74.4 Å². The SMILES string of the molecule is OC(NCC1CCN(Cc2ccncc2)CC1)c1cc(-c2ccc(F)cc2F)on1. The number of rotatable bonds is 7. The zero-order valence-electron chi connectivity index (χ0n) is 16.5. The van der Waals surface area contributed by atoms with E-state index >= 15 is 0 Å². The maximum absolute atomic E-state index is 13.9. The summed E-state index contributed by atoms with van der Waals surface area (Å²) in [6.07, 6.45) is 4.69. The summed E-state index contributed by atoms with van der Waals surface area (Å²) in [6.45, 7) is 3.58. The van der Waals surface area contributed by atoms with Crippen LogP contribution in [-0.4, -0.2) is 39.8 Å². The summed E-state index contributed by atoms with van der Waals surface area (Å²) in [7, 11) is 0. The summed E-state index contributed by atoms with van der Waals surface area (Å²) in [6, 6.07) is 8.76. The van der Waals surface area contributed by atoms with Crippen molar-refractivity contribution in [3.05, 3.63) is 71.7 Å². The van der Waals surface area contributed by atoms with Gasteiger partial charge in [-0.05, 0) is 61.7 Å². The molecule has 1 aliphatic rings. The molecule has 1 unspecified atom stereocenters. The minimum absolute atomic E-state index is 0.101. The first-order valence-electron chi connectivity index (χ1n) is 10.0. The van der Waals surface area contributed by atoms with Crippen molar-refractivity contribution in [3.8, 4) is 11.3 Å². The molecule has 2 aromatic heterocycles. The van der Waals surface area contributed by atoms with Gasteiger partial charge in [-0.25, -0.2) is 8.78 Å². The van der Waals surface area contributed by atoms with Crippen molar-refractivity contribution in [1.82, 2.24) is 20.4 Å². The van der Waals surface area contributed by atoms with Gasteiger partial charge in [-0.3, -0.25) is 15.2 Å². The molecular formula is C22H24F2N4O2. The molecule has 0 saturated carbocycles. The standard InChI is InChI=1S/C22H24F2N4O2/c23-17-1-2-18(19(24)11-17)21-12-20(27-30-21)22(29)26-13-15-5-9-28(10-6-15)14-16-3-7-25-8-4-16/h1-4,7-8,11-12,15,22,26,29H,5-6,9-10,13-14H2. The van der Waals surface area contributed by atoms with Crippen molar-refractivity contribution in [2.24, 2.45) is 5.92 Å². The minimum atomic E-state index is -1.01. The van der Waals surface area contributed by atoms with E-state index in [1.807, 2.05) is 24.5 Å². The third-order valence-electron chi connectivity index (χ3n) is 5.47. The maximum Gasteiger partial charge on any atom is 0.170 e. The molecule has 1 aliphatic heterocycles. The molecular weight excluding hydrogens is 390 g/mol. The number of pyridine rings is 1. The highest BCUT2D eigenvalue weighted by Gasteiger charge is 2.22. The van der Waals surface area contributed by atoms with Crippen LogP contribution in [0, 0.1) is 17.6 Å². The normalized spacial score (nSPS) is 16.6. The second-order valence-corrected chi connectivity index (χ2v) is 7.63. The Morgan fingerprint density at radius 2 is 1.90 bits per heavy atom. The van der Waals surface area contributed by atoms with E-state index in [2.05, 4.69) is 20.4 Å². The first kappa shape index (κ1) is 20.6. The average Bonchev–Trinajstić information content (AvgIpc) is 3.24. The summed E-state index contributed by atoms with van der Waals surface area (Å²) < 4.78 is 32.1. The van der Waals surface area contributed by atoms with Crippen LogP contribution in [0.3, 0.4) is 0 Å². The lowest BCUT2D eigenvalue weighted by molar-refractivity contribution is 0.110. The molecule has 6 nitrogen and oxygen atoms in total. The van der Waals surface area contributed by atoms with Crippen LogP contribution < -0.4 is 5.32 Å². The van der Waals surface area contributed by atoms with E-state index in [1.54, 1.807) is 0 Å². The van der Waals surface area contributed by atoms with Crippen molar-refractivity contribution in [3.63, 3.8) is 0 Å². The monoisotopic (exact) mass is 414 g/mol. The van der Waals surface area contributed by atoms with E-state index in [1.165, 1.54) is 17.7 Å². The van der Waals surface area contributed by atoms with Crippen LogP contribution in [0.2, 0.25) is 0 Å². The lowest BCUT2D eigenvalue weighted by atomic mass is 9.96. The number of likely N-dealkylation sites (tertiary alicyclic amines) is 1. The molecule has 3 heterocycles. The highest BCUT2D eigenvalue weighted by atomic mass is 19.1. The fourth-order valence-electron chi connectivity index (χ4n) is 3.71. The fraction of sp³-hybridized carbons (Fsp3) is 0.364. The quantitative estimate of drug-likeness (QED) is 0.577. The van der Waals surface area contributed by atoms with Crippen LogP contribution in [-0.2, 0) is 6.54 Å². The molecule has 158 valence electrons. The Kier molecular flexibility index (Phi) is 6.47. The molecule has 4 rings (SSSR count). The molecule has 0 aliphatic carbocycles. The van der Waals surface area contributed by atoms with Gasteiger partial charge in [0.05, 0.1) is 5.56 Å². The number of benzene rings is 1. The van der Waals surface area contributed by atoms with Crippen LogP contribution in [0.5, 0.6) is 0 Å². The molecule has 0 amide bonds. The Balaban J connectivity index is 1.25. The molecule has 30 heavy (non-hydrogen) atoms. The van der Waals surface area contributed by atoms with Gasteiger partial charge in [-0.15, -0.1) is 0 Å². The Morgan fingerprint density at radius 1 is 1.13 bits per heavy atom. The number of nitrogens with one attached hydrogen (secondary N) is 1. The van der Waals surface area contributed by atoms with Crippen molar-refractivity contribution in [2.45, 2.75) is 25.6 Å². The number of aromatic nitrogens is 2. The minimum Gasteiger partial charge on any atom is -0.373 e. The maximum atomic E-state index is 13.9. The van der Waals surface area contributed by atoms with Gasteiger partial charge < -0.3 is 9.63 Å². The Labute approximate surface area is 173 Å². The fourth-order valence-corrected chi connectivity index (χ4v) is 3.71. The molecule has 1 aromatic carbocycles. The zero-order valence-corrected chi connectivity index (χ0v) is 16.5. The summed E-state index contributed by atoms with van der Waals surface area (Å²) in [4.78, 5) is 6.47. The molecule has 8 heteroatoms. The molecule has 0 spiro atoms. The van der Waals surface area contributed by atoms with E-state index in [4.69, 9.17) is 4.52 Å². The van der Waals surface area contributed by atoms with Gasteiger partial charge in [0, 0.05) is 37.6 Å². The average molecular weight is 414 g/mol. The van der Waals surface area contributed by atoms with Crippen LogP contribution in [0.1, 0.15) is 30.3 Å². The van der Waals surface area contributed by atoms with Gasteiger partial charge in [0.15, 0.2) is 12.0 Å². The van der Waals surface area contributed by atoms with Gasteiger partial charge in [0.2, 0.25) is 0 Å². The highest BCUT2D eigenvalue weighted by molar-refractivity contribution is 5.58. The second-order valence-electron chi connectivity index (χ2n) is 7.63. The van der Waals surface area contributed by atoms with E-state index in [0.29, 0.717) is 12.5 Å².